The van der Waals surface area contributed by atoms with E-state index in [2.05, 4.69) is 36.4 Å². The predicted molar refractivity (Wildman–Crippen MR) is 114 cm³/mol. The average molecular weight is 403 g/mol. The van der Waals surface area contributed by atoms with Gasteiger partial charge in [0.1, 0.15) is 11.5 Å². The van der Waals surface area contributed by atoms with E-state index >= 15 is 0 Å². The van der Waals surface area contributed by atoms with Gasteiger partial charge in [-0.25, -0.2) is 5.48 Å². The number of benzene rings is 3. The standard InChI is InChI=1S/C25H25NO4/c1-29-22-11-7-17(8-12-22)13-21-14-19-9-10-20(25(27)26-28)15-24(19)30-16-23(21)18-5-3-2-4-6-18/h2-12,15,21,23,28H,13-14,16H2,1H3,(H,26,27)/t21?,23-/m1/s1. The summed E-state index contributed by atoms with van der Waals surface area (Å²) < 4.78 is 11.5. The Balaban J connectivity index is 1.66. The van der Waals surface area contributed by atoms with Crippen molar-refractivity contribution in [2.24, 2.45) is 5.92 Å². The van der Waals surface area contributed by atoms with Gasteiger partial charge in [0.2, 0.25) is 0 Å². The Kier molecular flexibility index (Phi) is 6.00. The zero-order valence-corrected chi connectivity index (χ0v) is 16.9. The number of ether oxygens (including phenoxy) is 2. The molecule has 0 aliphatic carbocycles. The molecule has 3 aromatic carbocycles. The molecule has 1 heterocycles. The van der Waals surface area contributed by atoms with E-state index in [1.165, 1.54) is 11.1 Å². The number of amides is 1. The number of hydrogen-bond acceptors (Lipinski definition) is 4. The maximum Gasteiger partial charge on any atom is 0.274 e. The number of fused-ring (bicyclic) bond motifs is 1. The molecule has 0 saturated carbocycles. The molecule has 5 nitrogen and oxygen atoms in total. The van der Waals surface area contributed by atoms with E-state index in [9.17, 15) is 4.79 Å². The van der Waals surface area contributed by atoms with Crippen LogP contribution in [-0.4, -0.2) is 24.8 Å². The number of hydroxylamine groups is 1. The van der Waals surface area contributed by atoms with Gasteiger partial charge < -0.3 is 9.47 Å². The summed E-state index contributed by atoms with van der Waals surface area (Å²) in [5, 5.41) is 8.93. The first-order valence-electron chi connectivity index (χ1n) is 10.1. The second kappa shape index (κ2) is 9.01. The number of methoxy groups -OCH3 is 1. The first kappa shape index (κ1) is 20.0. The van der Waals surface area contributed by atoms with Gasteiger partial charge in [-0.1, -0.05) is 48.5 Å². The largest absolute Gasteiger partial charge is 0.497 e. The van der Waals surface area contributed by atoms with Gasteiger partial charge in [0.25, 0.3) is 5.91 Å². The van der Waals surface area contributed by atoms with E-state index in [0.717, 1.165) is 24.2 Å². The summed E-state index contributed by atoms with van der Waals surface area (Å²) in [5.41, 5.74) is 5.63. The van der Waals surface area contributed by atoms with Crippen molar-refractivity contribution < 1.29 is 19.5 Å². The van der Waals surface area contributed by atoms with E-state index < -0.39 is 5.91 Å². The van der Waals surface area contributed by atoms with Crippen molar-refractivity contribution in [2.75, 3.05) is 13.7 Å². The lowest BCUT2D eigenvalue weighted by Crippen LogP contribution is -2.21. The van der Waals surface area contributed by atoms with E-state index in [1.807, 2.05) is 24.3 Å². The second-order valence-corrected chi connectivity index (χ2v) is 7.61. The van der Waals surface area contributed by atoms with Gasteiger partial charge in [-0.2, -0.15) is 0 Å². The number of carbonyl (C=O) groups is 1. The third-order valence-corrected chi connectivity index (χ3v) is 5.79. The first-order valence-corrected chi connectivity index (χ1v) is 10.1. The van der Waals surface area contributed by atoms with E-state index in [1.54, 1.807) is 24.7 Å². The van der Waals surface area contributed by atoms with Crippen LogP contribution in [0.2, 0.25) is 0 Å². The molecule has 4 rings (SSSR count). The number of nitrogens with one attached hydrogen (secondary N) is 1. The predicted octanol–water partition coefficient (Wildman–Crippen LogP) is 4.39. The van der Waals surface area contributed by atoms with Gasteiger partial charge in [0.15, 0.2) is 0 Å². The molecule has 0 bridgehead atoms. The Labute approximate surface area is 176 Å². The van der Waals surface area contributed by atoms with Gasteiger partial charge in [-0.05, 0) is 59.7 Å². The molecule has 2 N–H and O–H groups in total. The highest BCUT2D eigenvalue weighted by atomic mass is 16.5. The summed E-state index contributed by atoms with van der Waals surface area (Å²) in [6.45, 7) is 0.530. The fourth-order valence-electron chi connectivity index (χ4n) is 4.15. The highest BCUT2D eigenvalue weighted by molar-refractivity contribution is 5.93. The molecule has 0 spiro atoms. The average Bonchev–Trinajstić information content (AvgIpc) is 2.98. The van der Waals surface area contributed by atoms with Crippen molar-refractivity contribution in [3.63, 3.8) is 0 Å². The van der Waals surface area contributed by atoms with E-state index in [4.69, 9.17) is 14.7 Å². The molecule has 0 fully saturated rings. The van der Waals surface area contributed by atoms with Crippen molar-refractivity contribution in [3.8, 4) is 11.5 Å². The van der Waals surface area contributed by atoms with Gasteiger partial charge in [-0.15, -0.1) is 0 Å². The van der Waals surface area contributed by atoms with E-state index in [-0.39, 0.29) is 5.92 Å². The van der Waals surface area contributed by atoms with Crippen molar-refractivity contribution in [1.29, 1.82) is 0 Å². The van der Waals surface area contributed by atoms with Crippen LogP contribution >= 0.6 is 0 Å². The molecule has 1 amide bonds. The Morgan fingerprint density at radius 3 is 2.57 bits per heavy atom. The number of hydrogen-bond donors (Lipinski definition) is 2. The monoisotopic (exact) mass is 403 g/mol. The van der Waals surface area contributed by atoms with Crippen LogP contribution in [0.4, 0.5) is 0 Å². The fourth-order valence-corrected chi connectivity index (χ4v) is 4.15. The Morgan fingerprint density at radius 1 is 1.10 bits per heavy atom. The minimum atomic E-state index is -0.542. The SMILES string of the molecule is COc1ccc(CC2Cc3ccc(C(=O)NO)cc3OC[C@@H]2c2ccccc2)cc1. The van der Waals surface area contributed by atoms with Crippen molar-refractivity contribution >= 4 is 5.91 Å². The summed E-state index contributed by atoms with van der Waals surface area (Å²) in [4.78, 5) is 11.8. The van der Waals surface area contributed by atoms with Crippen LogP contribution in [0.5, 0.6) is 11.5 Å². The van der Waals surface area contributed by atoms with Crippen molar-refractivity contribution in [2.45, 2.75) is 18.8 Å². The van der Waals surface area contributed by atoms with Crippen LogP contribution in [0.15, 0.2) is 72.8 Å². The van der Waals surface area contributed by atoms with Crippen LogP contribution in [0, 0.1) is 5.92 Å². The van der Waals surface area contributed by atoms with Crippen LogP contribution in [0.25, 0.3) is 0 Å². The summed E-state index contributed by atoms with van der Waals surface area (Å²) in [7, 11) is 1.67. The summed E-state index contributed by atoms with van der Waals surface area (Å²) in [6.07, 6.45) is 1.74. The molecule has 2 atom stereocenters. The zero-order valence-electron chi connectivity index (χ0n) is 16.9. The molecular formula is C25H25NO4. The zero-order chi connectivity index (χ0) is 20.9. The molecule has 1 aliphatic heterocycles. The summed E-state index contributed by atoms with van der Waals surface area (Å²) >= 11 is 0. The molecule has 3 aromatic rings. The molecule has 30 heavy (non-hydrogen) atoms. The third-order valence-electron chi connectivity index (χ3n) is 5.79. The topological polar surface area (TPSA) is 67.8 Å². The molecule has 0 saturated heterocycles. The lowest BCUT2D eigenvalue weighted by Gasteiger charge is -2.25. The number of rotatable bonds is 5. The molecule has 1 aliphatic rings. The molecule has 5 heteroatoms. The minimum absolute atomic E-state index is 0.218. The van der Waals surface area contributed by atoms with Crippen molar-refractivity contribution in [3.05, 3.63) is 95.1 Å². The maximum absolute atomic E-state index is 11.8. The third kappa shape index (κ3) is 4.31. The lowest BCUT2D eigenvalue weighted by molar-refractivity contribution is 0.0706. The lowest BCUT2D eigenvalue weighted by atomic mass is 9.79. The van der Waals surface area contributed by atoms with Crippen LogP contribution in [-0.2, 0) is 12.8 Å². The Morgan fingerprint density at radius 2 is 1.87 bits per heavy atom. The number of carbonyl (C=O) groups excluding carboxylic acids is 1. The minimum Gasteiger partial charge on any atom is -0.497 e. The van der Waals surface area contributed by atoms with Crippen LogP contribution in [0.3, 0.4) is 0 Å². The fraction of sp³-hybridized carbons (Fsp3) is 0.240. The smallest absolute Gasteiger partial charge is 0.274 e. The highest BCUT2D eigenvalue weighted by Crippen LogP contribution is 2.37. The van der Waals surface area contributed by atoms with Crippen LogP contribution in [0.1, 0.15) is 33.0 Å². The molecule has 0 radical (unpaired) electrons. The molecular weight excluding hydrogens is 378 g/mol. The van der Waals surface area contributed by atoms with Gasteiger partial charge in [0.05, 0.1) is 13.7 Å². The summed E-state index contributed by atoms with van der Waals surface area (Å²) in [5.74, 6) is 1.56. The summed E-state index contributed by atoms with van der Waals surface area (Å²) in [6, 6.07) is 24.0. The van der Waals surface area contributed by atoms with Gasteiger partial charge >= 0.3 is 0 Å². The van der Waals surface area contributed by atoms with Gasteiger partial charge in [-0.3, -0.25) is 10.0 Å². The molecule has 1 unspecified atom stereocenters. The normalized spacial score (nSPS) is 17.9. The second-order valence-electron chi connectivity index (χ2n) is 7.61. The Bertz CT molecular complexity index is 1000. The van der Waals surface area contributed by atoms with Gasteiger partial charge in [0, 0.05) is 11.5 Å². The molecule has 154 valence electrons. The van der Waals surface area contributed by atoms with Crippen LogP contribution < -0.4 is 15.0 Å². The highest BCUT2D eigenvalue weighted by Gasteiger charge is 2.29. The Hall–Kier alpha value is -3.31. The van der Waals surface area contributed by atoms with Crippen molar-refractivity contribution in [1.82, 2.24) is 5.48 Å². The molecule has 0 aromatic heterocycles. The quantitative estimate of drug-likeness (QED) is 0.490. The maximum atomic E-state index is 11.8. The first-order chi connectivity index (χ1) is 14.7. The van der Waals surface area contributed by atoms with E-state index in [0.29, 0.717) is 23.8 Å².